The molecule has 0 N–H and O–H groups in total. The quantitative estimate of drug-likeness (QED) is 0.485. The smallest absolute Gasteiger partial charge is 0.203 e. The Labute approximate surface area is 133 Å². The molecule has 21 heavy (non-hydrogen) atoms. The van der Waals surface area contributed by atoms with E-state index in [4.69, 9.17) is 0 Å². The highest BCUT2D eigenvalue weighted by atomic mass is 32.2. The summed E-state index contributed by atoms with van der Waals surface area (Å²) in [5.41, 5.74) is 1.85. The number of carbonyl (C=O) groups excluding carboxylic acids is 2. The first-order valence-electron chi connectivity index (χ1n) is 7.88. The summed E-state index contributed by atoms with van der Waals surface area (Å²) in [6.45, 7) is 10.2. The maximum absolute atomic E-state index is 12.5. The predicted molar refractivity (Wildman–Crippen MR) is 91.4 cm³/mol. The average Bonchev–Trinajstić information content (AvgIpc) is 2.61. The predicted octanol–water partition coefficient (Wildman–Crippen LogP) is 5.09. The van der Waals surface area contributed by atoms with Crippen molar-refractivity contribution in [2.75, 3.05) is 0 Å². The first kappa shape index (κ1) is 18.2. The van der Waals surface area contributed by atoms with E-state index in [1.807, 2.05) is 13.8 Å². The molecule has 2 unspecified atom stereocenters. The second-order valence-corrected chi connectivity index (χ2v) is 7.63. The molecular weight excluding hydrogens is 280 g/mol. The molecule has 0 bridgehead atoms. The molecule has 3 heteroatoms. The van der Waals surface area contributed by atoms with Crippen LogP contribution in [0.5, 0.6) is 0 Å². The Hall–Kier alpha value is -0.830. The third-order valence-electron chi connectivity index (χ3n) is 4.08. The summed E-state index contributed by atoms with van der Waals surface area (Å²) in [6.07, 6.45) is 8.49. The van der Waals surface area contributed by atoms with Crippen LogP contribution in [-0.2, 0) is 9.59 Å². The molecule has 1 heterocycles. The fourth-order valence-corrected chi connectivity index (χ4v) is 3.96. The molecule has 0 amide bonds. The fraction of sp³-hybridized carbons (Fsp3) is 0.667. The minimum absolute atomic E-state index is 0.0789. The highest BCUT2D eigenvalue weighted by Gasteiger charge is 2.52. The van der Waals surface area contributed by atoms with E-state index in [-0.39, 0.29) is 16.1 Å². The van der Waals surface area contributed by atoms with Gasteiger partial charge in [0.05, 0.1) is 5.25 Å². The van der Waals surface area contributed by atoms with Gasteiger partial charge >= 0.3 is 0 Å². The first-order valence-corrected chi connectivity index (χ1v) is 8.76. The van der Waals surface area contributed by atoms with Crippen LogP contribution in [0.2, 0.25) is 0 Å². The average molecular weight is 308 g/mol. The SMILES string of the molecule is CCCC1(C/C=C(\C)CCC=C(C)C)C(=O)SC(C)C1=O. The van der Waals surface area contributed by atoms with Crippen LogP contribution >= 0.6 is 11.8 Å². The number of Topliss-reactive ketones (excluding diaryl/α,β-unsaturated/α-hetero) is 1. The lowest BCUT2D eigenvalue weighted by atomic mass is 9.76. The number of rotatable bonds is 7. The van der Waals surface area contributed by atoms with Crippen molar-refractivity contribution < 1.29 is 9.59 Å². The van der Waals surface area contributed by atoms with Gasteiger partial charge in [-0.3, -0.25) is 9.59 Å². The molecule has 1 rings (SSSR count). The number of hydrogen-bond acceptors (Lipinski definition) is 3. The minimum atomic E-state index is -0.753. The van der Waals surface area contributed by atoms with E-state index in [9.17, 15) is 9.59 Å². The van der Waals surface area contributed by atoms with Crippen LogP contribution in [-0.4, -0.2) is 16.1 Å². The van der Waals surface area contributed by atoms with Crippen molar-refractivity contribution in [3.8, 4) is 0 Å². The van der Waals surface area contributed by atoms with Crippen molar-refractivity contribution >= 4 is 22.7 Å². The van der Waals surface area contributed by atoms with Crippen LogP contribution in [0.25, 0.3) is 0 Å². The van der Waals surface area contributed by atoms with Gasteiger partial charge in [0.2, 0.25) is 5.12 Å². The zero-order valence-corrected chi connectivity index (χ0v) is 14.8. The Bertz CT molecular complexity index is 458. The van der Waals surface area contributed by atoms with Gasteiger partial charge in [-0.05, 0) is 53.4 Å². The van der Waals surface area contributed by atoms with Crippen LogP contribution in [0.4, 0.5) is 0 Å². The molecule has 0 aromatic carbocycles. The van der Waals surface area contributed by atoms with Gasteiger partial charge in [0.15, 0.2) is 5.78 Å². The van der Waals surface area contributed by atoms with Crippen LogP contribution < -0.4 is 0 Å². The Balaban J connectivity index is 2.78. The van der Waals surface area contributed by atoms with E-state index in [2.05, 4.69) is 32.9 Å². The zero-order chi connectivity index (χ0) is 16.0. The first-order chi connectivity index (χ1) is 9.83. The van der Waals surface area contributed by atoms with Gasteiger partial charge < -0.3 is 0 Å². The van der Waals surface area contributed by atoms with E-state index in [1.165, 1.54) is 22.9 Å². The number of allylic oxidation sites excluding steroid dienone is 4. The molecule has 1 aliphatic heterocycles. The topological polar surface area (TPSA) is 34.1 Å². The number of hydrogen-bond donors (Lipinski definition) is 0. The highest BCUT2D eigenvalue weighted by molar-refractivity contribution is 8.15. The second kappa shape index (κ2) is 7.98. The second-order valence-electron chi connectivity index (χ2n) is 6.32. The molecule has 0 aromatic rings. The lowest BCUT2D eigenvalue weighted by molar-refractivity contribution is -0.134. The molecule has 0 aromatic heterocycles. The molecule has 1 aliphatic rings. The number of ketones is 1. The van der Waals surface area contributed by atoms with Crippen LogP contribution in [0.3, 0.4) is 0 Å². The van der Waals surface area contributed by atoms with Crippen molar-refractivity contribution in [3.05, 3.63) is 23.3 Å². The van der Waals surface area contributed by atoms with Crippen molar-refractivity contribution in [3.63, 3.8) is 0 Å². The van der Waals surface area contributed by atoms with Gasteiger partial charge in [0, 0.05) is 0 Å². The van der Waals surface area contributed by atoms with Gasteiger partial charge in [-0.15, -0.1) is 0 Å². The van der Waals surface area contributed by atoms with E-state index in [0.29, 0.717) is 12.8 Å². The largest absolute Gasteiger partial charge is 0.297 e. The third kappa shape index (κ3) is 4.57. The number of thioether (sulfide) groups is 1. The molecule has 2 nitrogen and oxygen atoms in total. The molecule has 1 saturated heterocycles. The van der Waals surface area contributed by atoms with E-state index in [0.717, 1.165) is 19.3 Å². The molecule has 0 radical (unpaired) electrons. The Kier molecular flexibility index (Phi) is 6.92. The van der Waals surface area contributed by atoms with Crippen LogP contribution in [0.15, 0.2) is 23.3 Å². The van der Waals surface area contributed by atoms with Crippen molar-refractivity contribution in [1.82, 2.24) is 0 Å². The summed E-state index contributed by atoms with van der Waals surface area (Å²) in [6, 6.07) is 0. The fourth-order valence-electron chi connectivity index (χ4n) is 2.79. The van der Waals surface area contributed by atoms with Gasteiger partial charge in [-0.25, -0.2) is 0 Å². The monoisotopic (exact) mass is 308 g/mol. The van der Waals surface area contributed by atoms with Crippen molar-refractivity contribution in [2.24, 2.45) is 5.41 Å². The maximum atomic E-state index is 12.5. The van der Waals surface area contributed by atoms with Crippen molar-refractivity contribution in [2.45, 2.75) is 72.0 Å². The molecule has 0 aliphatic carbocycles. The van der Waals surface area contributed by atoms with Gasteiger partial charge in [-0.2, -0.15) is 0 Å². The van der Waals surface area contributed by atoms with Gasteiger partial charge in [0.25, 0.3) is 0 Å². The van der Waals surface area contributed by atoms with E-state index < -0.39 is 5.41 Å². The van der Waals surface area contributed by atoms with Gasteiger partial charge in [0.1, 0.15) is 5.41 Å². The Morgan fingerprint density at radius 2 is 1.90 bits per heavy atom. The molecule has 0 saturated carbocycles. The van der Waals surface area contributed by atoms with Crippen LogP contribution in [0.1, 0.15) is 66.7 Å². The van der Waals surface area contributed by atoms with E-state index >= 15 is 0 Å². The Morgan fingerprint density at radius 1 is 1.24 bits per heavy atom. The van der Waals surface area contributed by atoms with E-state index in [1.54, 1.807) is 0 Å². The van der Waals surface area contributed by atoms with Gasteiger partial charge in [-0.1, -0.05) is 48.4 Å². The summed E-state index contributed by atoms with van der Waals surface area (Å²) in [5.74, 6) is 0.132. The summed E-state index contributed by atoms with van der Waals surface area (Å²) < 4.78 is 0. The summed E-state index contributed by atoms with van der Waals surface area (Å²) in [4.78, 5) is 24.8. The summed E-state index contributed by atoms with van der Waals surface area (Å²) in [5, 5.41) is -0.0985. The minimum Gasteiger partial charge on any atom is -0.297 e. The lowest BCUT2D eigenvalue weighted by Crippen LogP contribution is -2.34. The lowest BCUT2D eigenvalue weighted by Gasteiger charge is -2.23. The van der Waals surface area contributed by atoms with Crippen LogP contribution in [0, 0.1) is 5.41 Å². The highest BCUT2D eigenvalue weighted by Crippen LogP contribution is 2.45. The standard InChI is InChI=1S/C18H28O2S/c1-6-11-18(16(19)15(5)21-17(18)20)12-10-14(4)9-7-8-13(2)3/h8,10,15H,6-7,9,11-12H2,1-5H3/b14-10+. The summed E-state index contributed by atoms with van der Waals surface area (Å²) in [7, 11) is 0. The zero-order valence-electron chi connectivity index (χ0n) is 14.0. The molecule has 1 fully saturated rings. The molecule has 2 atom stereocenters. The maximum Gasteiger partial charge on any atom is 0.203 e. The molecule has 0 spiro atoms. The Morgan fingerprint density at radius 3 is 2.38 bits per heavy atom. The number of carbonyl (C=O) groups is 2. The molecular formula is C18H28O2S. The van der Waals surface area contributed by atoms with Crippen molar-refractivity contribution in [1.29, 1.82) is 0 Å². The molecule has 118 valence electrons. The summed E-state index contributed by atoms with van der Waals surface area (Å²) >= 11 is 1.22. The normalized spacial score (nSPS) is 26.3. The third-order valence-corrected chi connectivity index (χ3v) is 5.25.